The van der Waals surface area contributed by atoms with E-state index in [0.29, 0.717) is 12.0 Å². The Morgan fingerprint density at radius 3 is 2.58 bits per heavy atom. The molecule has 2 rings (SSSR count). The standard InChI is InChI=1S/C11H14O/c1-9-11(7-8-12-9)10-5-3-2-4-6-10/h2-6,9,11H,7-8H2,1H3. The van der Waals surface area contributed by atoms with Crippen molar-refractivity contribution in [2.75, 3.05) is 6.61 Å². The topological polar surface area (TPSA) is 9.23 Å². The zero-order valence-corrected chi connectivity index (χ0v) is 7.36. The highest BCUT2D eigenvalue weighted by Crippen LogP contribution is 2.30. The quantitative estimate of drug-likeness (QED) is 0.616. The fraction of sp³-hybridized carbons (Fsp3) is 0.455. The second kappa shape index (κ2) is 3.28. The summed E-state index contributed by atoms with van der Waals surface area (Å²) >= 11 is 0. The van der Waals surface area contributed by atoms with E-state index in [4.69, 9.17) is 4.74 Å². The average Bonchev–Trinajstić information content (AvgIpc) is 2.53. The van der Waals surface area contributed by atoms with Crippen molar-refractivity contribution < 1.29 is 4.74 Å². The summed E-state index contributed by atoms with van der Waals surface area (Å²) in [5.41, 5.74) is 1.42. The van der Waals surface area contributed by atoms with E-state index < -0.39 is 0 Å². The molecule has 1 aromatic carbocycles. The normalized spacial score (nSPS) is 29.1. The smallest absolute Gasteiger partial charge is 0.0616 e. The van der Waals surface area contributed by atoms with Gasteiger partial charge >= 0.3 is 0 Å². The van der Waals surface area contributed by atoms with Gasteiger partial charge in [-0.05, 0) is 18.9 Å². The molecule has 12 heavy (non-hydrogen) atoms. The van der Waals surface area contributed by atoms with Gasteiger partial charge in [0.25, 0.3) is 0 Å². The maximum absolute atomic E-state index is 5.52. The Balaban J connectivity index is 2.19. The summed E-state index contributed by atoms with van der Waals surface area (Å²) in [5.74, 6) is 0.617. The number of rotatable bonds is 1. The van der Waals surface area contributed by atoms with Crippen molar-refractivity contribution in [1.82, 2.24) is 0 Å². The highest BCUT2D eigenvalue weighted by molar-refractivity contribution is 5.21. The summed E-state index contributed by atoms with van der Waals surface area (Å²) in [5, 5.41) is 0. The van der Waals surface area contributed by atoms with E-state index in [9.17, 15) is 0 Å². The van der Waals surface area contributed by atoms with E-state index in [1.807, 2.05) is 0 Å². The van der Waals surface area contributed by atoms with Crippen molar-refractivity contribution in [2.45, 2.75) is 25.4 Å². The Kier molecular flexibility index (Phi) is 2.13. The van der Waals surface area contributed by atoms with Crippen LogP contribution < -0.4 is 0 Å². The van der Waals surface area contributed by atoms with Crippen LogP contribution in [-0.4, -0.2) is 12.7 Å². The fourth-order valence-corrected chi connectivity index (χ4v) is 1.87. The van der Waals surface area contributed by atoms with Gasteiger partial charge in [0.05, 0.1) is 6.10 Å². The largest absolute Gasteiger partial charge is 0.378 e. The molecule has 1 nitrogen and oxygen atoms in total. The molecule has 1 aromatic rings. The minimum absolute atomic E-state index is 0.396. The zero-order chi connectivity index (χ0) is 8.39. The molecule has 1 aliphatic rings. The van der Waals surface area contributed by atoms with Gasteiger partial charge in [0.15, 0.2) is 0 Å². The van der Waals surface area contributed by atoms with Crippen LogP contribution in [0.25, 0.3) is 0 Å². The predicted octanol–water partition coefficient (Wildman–Crippen LogP) is 2.58. The molecule has 0 amide bonds. The van der Waals surface area contributed by atoms with Gasteiger partial charge in [-0.3, -0.25) is 0 Å². The van der Waals surface area contributed by atoms with E-state index in [1.54, 1.807) is 0 Å². The van der Waals surface area contributed by atoms with E-state index in [-0.39, 0.29) is 0 Å². The third kappa shape index (κ3) is 1.37. The Hall–Kier alpha value is -0.820. The lowest BCUT2D eigenvalue weighted by molar-refractivity contribution is 0.118. The summed E-state index contributed by atoms with van der Waals surface area (Å²) in [6.07, 6.45) is 1.57. The van der Waals surface area contributed by atoms with Crippen molar-refractivity contribution in [3.8, 4) is 0 Å². The van der Waals surface area contributed by atoms with Crippen LogP contribution in [0.1, 0.15) is 24.8 Å². The molecule has 0 N–H and O–H groups in total. The van der Waals surface area contributed by atoms with Gasteiger partial charge in [-0.2, -0.15) is 0 Å². The second-order valence-electron chi connectivity index (χ2n) is 3.38. The van der Waals surface area contributed by atoms with Crippen LogP contribution >= 0.6 is 0 Å². The van der Waals surface area contributed by atoms with E-state index in [0.717, 1.165) is 6.61 Å². The first-order chi connectivity index (χ1) is 5.88. The highest BCUT2D eigenvalue weighted by Gasteiger charge is 2.24. The minimum atomic E-state index is 0.396. The molecule has 0 radical (unpaired) electrons. The Bertz CT molecular complexity index is 242. The van der Waals surface area contributed by atoms with E-state index in [2.05, 4.69) is 37.3 Å². The molecular weight excluding hydrogens is 148 g/mol. The van der Waals surface area contributed by atoms with Crippen LogP contribution in [0, 0.1) is 0 Å². The van der Waals surface area contributed by atoms with E-state index >= 15 is 0 Å². The summed E-state index contributed by atoms with van der Waals surface area (Å²) in [4.78, 5) is 0. The van der Waals surface area contributed by atoms with Crippen molar-refractivity contribution in [3.05, 3.63) is 35.9 Å². The van der Waals surface area contributed by atoms with Crippen LogP contribution in [0.2, 0.25) is 0 Å². The fourth-order valence-electron chi connectivity index (χ4n) is 1.87. The van der Waals surface area contributed by atoms with Gasteiger partial charge in [0.1, 0.15) is 0 Å². The molecule has 0 aromatic heterocycles. The molecule has 1 heteroatoms. The third-order valence-electron chi connectivity index (χ3n) is 2.60. The molecule has 0 aliphatic carbocycles. The van der Waals surface area contributed by atoms with Crippen LogP contribution in [0.3, 0.4) is 0 Å². The Labute approximate surface area is 73.4 Å². The SMILES string of the molecule is CC1OCCC1c1ccccc1. The van der Waals surface area contributed by atoms with Gasteiger partial charge in [-0.15, -0.1) is 0 Å². The summed E-state index contributed by atoms with van der Waals surface area (Å²) in [6, 6.07) is 10.6. The second-order valence-corrected chi connectivity index (χ2v) is 3.38. The van der Waals surface area contributed by atoms with Crippen LogP contribution in [0.4, 0.5) is 0 Å². The molecular formula is C11H14O. The van der Waals surface area contributed by atoms with Gasteiger partial charge < -0.3 is 4.74 Å². The predicted molar refractivity (Wildman–Crippen MR) is 49.2 cm³/mol. The lowest BCUT2D eigenvalue weighted by Gasteiger charge is -2.13. The van der Waals surface area contributed by atoms with Gasteiger partial charge in [-0.25, -0.2) is 0 Å². The maximum Gasteiger partial charge on any atom is 0.0616 e. The molecule has 1 aliphatic heterocycles. The number of benzene rings is 1. The number of hydrogen-bond acceptors (Lipinski definition) is 1. The molecule has 64 valence electrons. The average molecular weight is 162 g/mol. The molecule has 0 saturated carbocycles. The first-order valence-corrected chi connectivity index (χ1v) is 4.54. The molecule has 0 bridgehead atoms. The van der Waals surface area contributed by atoms with Crippen molar-refractivity contribution >= 4 is 0 Å². The molecule has 2 atom stereocenters. The monoisotopic (exact) mass is 162 g/mol. The van der Waals surface area contributed by atoms with Crippen LogP contribution in [0.5, 0.6) is 0 Å². The third-order valence-corrected chi connectivity index (χ3v) is 2.60. The lowest BCUT2D eigenvalue weighted by Crippen LogP contribution is -2.08. The zero-order valence-electron chi connectivity index (χ0n) is 7.36. The Morgan fingerprint density at radius 1 is 1.25 bits per heavy atom. The molecule has 1 heterocycles. The molecule has 1 saturated heterocycles. The highest BCUT2D eigenvalue weighted by atomic mass is 16.5. The molecule has 1 fully saturated rings. The Morgan fingerprint density at radius 2 is 2.00 bits per heavy atom. The molecule has 2 unspecified atom stereocenters. The van der Waals surface area contributed by atoms with Crippen LogP contribution in [0.15, 0.2) is 30.3 Å². The lowest BCUT2D eigenvalue weighted by atomic mass is 9.94. The van der Waals surface area contributed by atoms with E-state index in [1.165, 1.54) is 12.0 Å². The van der Waals surface area contributed by atoms with Gasteiger partial charge in [-0.1, -0.05) is 30.3 Å². The first-order valence-electron chi connectivity index (χ1n) is 4.54. The minimum Gasteiger partial charge on any atom is -0.378 e. The first kappa shape index (κ1) is 7.81. The van der Waals surface area contributed by atoms with Crippen molar-refractivity contribution in [2.24, 2.45) is 0 Å². The van der Waals surface area contributed by atoms with Crippen molar-refractivity contribution in [1.29, 1.82) is 0 Å². The molecule has 0 spiro atoms. The number of hydrogen-bond donors (Lipinski definition) is 0. The maximum atomic E-state index is 5.52. The van der Waals surface area contributed by atoms with Crippen molar-refractivity contribution in [3.63, 3.8) is 0 Å². The van der Waals surface area contributed by atoms with Gasteiger partial charge in [0, 0.05) is 12.5 Å². The number of ether oxygens (including phenoxy) is 1. The summed E-state index contributed by atoms with van der Waals surface area (Å²) < 4.78 is 5.52. The van der Waals surface area contributed by atoms with Gasteiger partial charge in [0.2, 0.25) is 0 Å². The summed E-state index contributed by atoms with van der Waals surface area (Å²) in [7, 11) is 0. The summed E-state index contributed by atoms with van der Waals surface area (Å²) in [6.45, 7) is 3.07. The van der Waals surface area contributed by atoms with Crippen LogP contribution in [-0.2, 0) is 4.74 Å².